The van der Waals surface area contributed by atoms with Crippen molar-refractivity contribution < 1.29 is 19.1 Å². The lowest BCUT2D eigenvalue weighted by Gasteiger charge is -2.29. The molecule has 174 valence electrons. The van der Waals surface area contributed by atoms with Crippen molar-refractivity contribution in [1.29, 1.82) is 0 Å². The van der Waals surface area contributed by atoms with Crippen LogP contribution in [0.4, 0.5) is 0 Å². The third-order valence-electron chi connectivity index (χ3n) is 6.90. The van der Waals surface area contributed by atoms with Crippen LogP contribution in [0.15, 0.2) is 30.3 Å². The van der Waals surface area contributed by atoms with Gasteiger partial charge >= 0.3 is 5.97 Å². The third-order valence-corrected chi connectivity index (χ3v) is 6.90. The van der Waals surface area contributed by atoms with Crippen LogP contribution in [-0.2, 0) is 33.8 Å². The zero-order valence-electron chi connectivity index (χ0n) is 19.0. The Morgan fingerprint density at radius 1 is 1.18 bits per heavy atom. The summed E-state index contributed by atoms with van der Waals surface area (Å²) in [5.41, 5.74) is 3.29. The van der Waals surface area contributed by atoms with E-state index in [1.807, 2.05) is 35.0 Å². The van der Waals surface area contributed by atoms with Gasteiger partial charge in [-0.1, -0.05) is 30.3 Å². The van der Waals surface area contributed by atoms with Crippen molar-refractivity contribution in [2.24, 2.45) is 5.92 Å². The molecular weight excluding hydrogens is 420 g/mol. The number of ether oxygens (including phenoxy) is 1. The van der Waals surface area contributed by atoms with E-state index in [2.05, 4.69) is 5.10 Å². The molecule has 1 atom stereocenters. The minimum atomic E-state index is -0.432. The monoisotopic (exact) mass is 450 g/mol. The molecule has 0 bridgehead atoms. The van der Waals surface area contributed by atoms with Crippen molar-refractivity contribution >= 4 is 17.8 Å². The molecule has 1 saturated heterocycles. The highest BCUT2D eigenvalue weighted by molar-refractivity contribution is 5.90. The van der Waals surface area contributed by atoms with E-state index in [-0.39, 0.29) is 30.9 Å². The highest BCUT2D eigenvalue weighted by atomic mass is 16.5. The second-order valence-electron chi connectivity index (χ2n) is 9.27. The molecule has 5 rings (SSSR count). The number of benzene rings is 1. The Bertz CT molecular complexity index is 1060. The zero-order valence-corrected chi connectivity index (χ0v) is 19.0. The molecule has 2 amide bonds. The highest BCUT2D eigenvalue weighted by Crippen LogP contribution is 2.33. The van der Waals surface area contributed by atoms with Crippen molar-refractivity contribution in [3.8, 4) is 0 Å². The van der Waals surface area contributed by atoms with E-state index in [0.29, 0.717) is 44.1 Å². The third kappa shape index (κ3) is 4.51. The van der Waals surface area contributed by atoms with E-state index in [9.17, 15) is 14.4 Å². The molecule has 0 spiro atoms. The second kappa shape index (κ2) is 9.00. The summed E-state index contributed by atoms with van der Waals surface area (Å²) in [6, 6.07) is 9.98. The summed E-state index contributed by atoms with van der Waals surface area (Å²) in [6.45, 7) is 4.40. The number of aromatic nitrogens is 2. The van der Waals surface area contributed by atoms with Crippen molar-refractivity contribution in [3.63, 3.8) is 0 Å². The number of hydrogen-bond donors (Lipinski definition) is 0. The Morgan fingerprint density at radius 2 is 1.97 bits per heavy atom. The van der Waals surface area contributed by atoms with E-state index >= 15 is 0 Å². The molecule has 8 nitrogen and oxygen atoms in total. The average Bonchev–Trinajstić information content (AvgIpc) is 3.47. The molecule has 2 fully saturated rings. The fourth-order valence-corrected chi connectivity index (χ4v) is 4.90. The Morgan fingerprint density at radius 3 is 2.70 bits per heavy atom. The van der Waals surface area contributed by atoms with E-state index < -0.39 is 5.97 Å². The molecule has 3 aliphatic rings. The highest BCUT2D eigenvalue weighted by Gasteiger charge is 2.36. The molecule has 0 radical (unpaired) electrons. The minimum absolute atomic E-state index is 0.0133. The lowest BCUT2D eigenvalue weighted by atomic mass is 9.99. The van der Waals surface area contributed by atoms with Crippen LogP contribution in [0.5, 0.6) is 0 Å². The fraction of sp³-hybridized carbons (Fsp3) is 0.520. The van der Waals surface area contributed by atoms with Crippen molar-refractivity contribution in [2.75, 3.05) is 26.2 Å². The molecule has 1 saturated carbocycles. The summed E-state index contributed by atoms with van der Waals surface area (Å²) in [7, 11) is 0. The normalized spacial score (nSPS) is 20.2. The molecule has 2 aromatic rings. The van der Waals surface area contributed by atoms with Gasteiger partial charge in [0.2, 0.25) is 11.8 Å². The van der Waals surface area contributed by atoms with Crippen molar-refractivity contribution in [3.05, 3.63) is 52.8 Å². The van der Waals surface area contributed by atoms with Crippen LogP contribution in [0.25, 0.3) is 0 Å². The predicted octanol–water partition coefficient (Wildman–Crippen LogP) is 2.37. The number of carbonyl (C=O) groups excluding carboxylic acids is 3. The van der Waals surface area contributed by atoms with Gasteiger partial charge in [0.1, 0.15) is 0 Å². The van der Waals surface area contributed by atoms with Crippen LogP contribution in [0.3, 0.4) is 0 Å². The number of likely N-dealkylation sites (tertiary alicyclic amines) is 1. The smallest absolute Gasteiger partial charge is 0.359 e. The van der Waals surface area contributed by atoms with Crippen LogP contribution in [0, 0.1) is 5.92 Å². The first-order chi connectivity index (χ1) is 16.0. The van der Waals surface area contributed by atoms with E-state index in [4.69, 9.17) is 4.74 Å². The molecule has 1 aliphatic carbocycles. The predicted molar refractivity (Wildman–Crippen MR) is 120 cm³/mol. The largest absolute Gasteiger partial charge is 0.461 e. The molecule has 2 aliphatic heterocycles. The summed E-state index contributed by atoms with van der Waals surface area (Å²) < 4.78 is 7.18. The van der Waals surface area contributed by atoms with Gasteiger partial charge in [0, 0.05) is 56.2 Å². The number of rotatable bonds is 7. The summed E-state index contributed by atoms with van der Waals surface area (Å²) >= 11 is 0. The minimum Gasteiger partial charge on any atom is -0.461 e. The molecule has 1 unspecified atom stereocenters. The first-order valence-electron chi connectivity index (χ1n) is 11.9. The Balaban J connectivity index is 1.28. The van der Waals surface area contributed by atoms with E-state index in [0.717, 1.165) is 23.4 Å². The summed E-state index contributed by atoms with van der Waals surface area (Å²) in [5, 5.41) is 4.58. The standard InChI is InChI=1S/C25H30N4O4/c1-2-33-25(32)24-20-15-27(11-10-21(20)29(26-24)13-17-8-9-17)23(31)16-28-14-19(12-22(28)30)18-6-4-3-5-7-18/h3-7,17,19H,2,8-16H2,1H3. The van der Waals surface area contributed by atoms with Gasteiger partial charge in [0.25, 0.3) is 0 Å². The maximum atomic E-state index is 13.1. The molecule has 33 heavy (non-hydrogen) atoms. The molecule has 0 N–H and O–H groups in total. The van der Waals surface area contributed by atoms with Gasteiger partial charge in [0.05, 0.1) is 13.2 Å². The van der Waals surface area contributed by atoms with Crippen LogP contribution in [0.2, 0.25) is 0 Å². The lowest BCUT2D eigenvalue weighted by Crippen LogP contribution is -2.43. The molecule has 1 aromatic carbocycles. The molecule has 8 heteroatoms. The van der Waals surface area contributed by atoms with Crippen molar-refractivity contribution in [1.82, 2.24) is 19.6 Å². The van der Waals surface area contributed by atoms with E-state index in [1.165, 1.54) is 12.8 Å². The van der Waals surface area contributed by atoms with Gasteiger partial charge in [-0.15, -0.1) is 0 Å². The maximum Gasteiger partial charge on any atom is 0.359 e. The summed E-state index contributed by atoms with van der Waals surface area (Å²) in [5.74, 6) is 0.239. The number of carbonyl (C=O) groups is 3. The fourth-order valence-electron chi connectivity index (χ4n) is 4.90. The average molecular weight is 451 g/mol. The van der Waals surface area contributed by atoms with Crippen LogP contribution in [-0.4, -0.2) is 63.6 Å². The lowest BCUT2D eigenvalue weighted by molar-refractivity contribution is -0.139. The van der Waals surface area contributed by atoms with Crippen molar-refractivity contribution in [2.45, 2.75) is 51.6 Å². The first kappa shape index (κ1) is 21.7. The van der Waals surface area contributed by atoms with Gasteiger partial charge in [-0.05, 0) is 31.2 Å². The van der Waals surface area contributed by atoms with E-state index in [1.54, 1.807) is 16.7 Å². The summed E-state index contributed by atoms with van der Waals surface area (Å²) in [6.07, 6.45) is 3.48. The van der Waals surface area contributed by atoms with Crippen LogP contribution >= 0.6 is 0 Å². The number of amides is 2. The number of hydrogen-bond acceptors (Lipinski definition) is 5. The maximum absolute atomic E-state index is 13.1. The first-order valence-corrected chi connectivity index (χ1v) is 11.9. The number of nitrogens with zero attached hydrogens (tertiary/aromatic N) is 4. The number of esters is 1. The van der Waals surface area contributed by atoms with Crippen LogP contribution < -0.4 is 0 Å². The quantitative estimate of drug-likeness (QED) is 0.605. The second-order valence-corrected chi connectivity index (χ2v) is 9.27. The Hall–Kier alpha value is -3.16. The molecular formula is C25H30N4O4. The Labute approximate surface area is 193 Å². The van der Waals surface area contributed by atoms with Gasteiger partial charge in [-0.25, -0.2) is 4.79 Å². The summed E-state index contributed by atoms with van der Waals surface area (Å²) in [4.78, 5) is 41.7. The number of fused-ring (bicyclic) bond motifs is 1. The molecule has 3 heterocycles. The van der Waals surface area contributed by atoms with Gasteiger partial charge in [-0.2, -0.15) is 5.10 Å². The topological polar surface area (TPSA) is 84.7 Å². The van der Waals surface area contributed by atoms with Gasteiger partial charge in [-0.3, -0.25) is 14.3 Å². The Kier molecular flexibility index (Phi) is 5.91. The van der Waals surface area contributed by atoms with Crippen LogP contribution in [0.1, 0.15) is 59.4 Å². The SMILES string of the molecule is CCOC(=O)c1nn(CC2CC2)c2c1CN(C(=O)CN1CC(c3ccccc3)CC1=O)CC2. The van der Waals surface area contributed by atoms with Gasteiger partial charge in [0.15, 0.2) is 5.69 Å². The zero-order chi connectivity index (χ0) is 22.9. The van der Waals surface area contributed by atoms with Gasteiger partial charge < -0.3 is 14.5 Å². The molecule has 1 aromatic heterocycles.